The molecule has 0 unspecified atom stereocenters. The van der Waals surface area contributed by atoms with Gasteiger partial charge in [-0.15, -0.1) is 0 Å². The lowest BCUT2D eigenvalue weighted by atomic mass is 10.0. The monoisotopic (exact) mass is 422 g/mol. The topological polar surface area (TPSA) is 66.5 Å². The number of sulfonamides is 1. The Morgan fingerprint density at radius 2 is 1.50 bits per heavy atom. The van der Waals surface area contributed by atoms with Crippen LogP contribution in [0.1, 0.15) is 41.3 Å². The molecule has 156 valence electrons. The molecule has 30 heavy (non-hydrogen) atoms. The Kier molecular flexibility index (Phi) is 6.27. The zero-order valence-electron chi connectivity index (χ0n) is 17.6. The molecular formula is C24H26N2O3S. The van der Waals surface area contributed by atoms with Crippen LogP contribution in [0.5, 0.6) is 0 Å². The lowest BCUT2D eigenvalue weighted by Crippen LogP contribution is -2.29. The molecule has 6 heteroatoms. The first-order valence-corrected chi connectivity index (χ1v) is 11.2. The Labute approximate surface area is 178 Å². The van der Waals surface area contributed by atoms with Crippen LogP contribution in [0.3, 0.4) is 0 Å². The third-order valence-corrected chi connectivity index (χ3v) is 6.79. The van der Waals surface area contributed by atoms with Gasteiger partial charge < -0.3 is 5.32 Å². The van der Waals surface area contributed by atoms with E-state index in [0.29, 0.717) is 17.3 Å². The van der Waals surface area contributed by atoms with Crippen molar-refractivity contribution < 1.29 is 13.2 Å². The Hall–Kier alpha value is -3.12. The van der Waals surface area contributed by atoms with Gasteiger partial charge in [0.15, 0.2) is 0 Å². The van der Waals surface area contributed by atoms with E-state index in [1.165, 1.54) is 12.6 Å². The van der Waals surface area contributed by atoms with Gasteiger partial charge in [-0.2, -0.15) is 0 Å². The molecular weight excluding hydrogens is 396 g/mol. The highest BCUT2D eigenvalue weighted by Crippen LogP contribution is 2.27. The normalized spacial score (nSPS) is 11.4. The van der Waals surface area contributed by atoms with E-state index in [-0.39, 0.29) is 16.4 Å². The number of hydrogen-bond acceptors (Lipinski definition) is 3. The standard InChI is InChI=1S/C24H26N2O3S/c1-17(2)19-11-13-20(14-12-19)25-24(27)22-7-5-6-8-23(22)26(4)30(28,29)21-15-9-18(3)10-16-21/h5-17H,1-4H3,(H,25,27). The maximum Gasteiger partial charge on any atom is 0.264 e. The van der Waals surface area contributed by atoms with E-state index < -0.39 is 10.0 Å². The van der Waals surface area contributed by atoms with Crippen molar-refractivity contribution in [3.05, 3.63) is 89.5 Å². The molecule has 0 saturated carbocycles. The van der Waals surface area contributed by atoms with Crippen molar-refractivity contribution in [3.8, 4) is 0 Å². The van der Waals surface area contributed by atoms with E-state index >= 15 is 0 Å². The zero-order valence-corrected chi connectivity index (χ0v) is 18.4. The number of aryl methyl sites for hydroxylation is 1. The highest BCUT2D eigenvalue weighted by atomic mass is 32.2. The molecule has 3 aromatic carbocycles. The van der Waals surface area contributed by atoms with Gasteiger partial charge in [-0.05, 0) is 54.8 Å². The molecule has 3 aromatic rings. The second-order valence-corrected chi connectivity index (χ2v) is 9.50. The number of nitrogens with one attached hydrogen (secondary N) is 1. The number of rotatable bonds is 6. The largest absolute Gasteiger partial charge is 0.322 e. The summed E-state index contributed by atoms with van der Waals surface area (Å²) in [5, 5.41) is 2.86. The first kappa shape index (κ1) is 21.6. The summed E-state index contributed by atoms with van der Waals surface area (Å²) in [6.45, 7) is 6.11. The van der Waals surface area contributed by atoms with Crippen molar-refractivity contribution in [1.82, 2.24) is 0 Å². The quantitative estimate of drug-likeness (QED) is 0.594. The van der Waals surface area contributed by atoms with Gasteiger partial charge in [0.05, 0.1) is 16.1 Å². The number of para-hydroxylation sites is 1. The number of carbonyl (C=O) groups excluding carboxylic acids is 1. The van der Waals surface area contributed by atoms with E-state index in [1.54, 1.807) is 48.5 Å². The van der Waals surface area contributed by atoms with Crippen LogP contribution in [0.25, 0.3) is 0 Å². The second-order valence-electron chi connectivity index (χ2n) is 7.53. The molecule has 3 rings (SSSR count). The summed E-state index contributed by atoms with van der Waals surface area (Å²) in [4.78, 5) is 13.1. The fraction of sp³-hybridized carbons (Fsp3) is 0.208. The van der Waals surface area contributed by atoms with Crippen molar-refractivity contribution in [3.63, 3.8) is 0 Å². The highest BCUT2D eigenvalue weighted by Gasteiger charge is 2.25. The van der Waals surface area contributed by atoms with E-state index in [2.05, 4.69) is 19.2 Å². The van der Waals surface area contributed by atoms with Crippen molar-refractivity contribution in [2.75, 3.05) is 16.7 Å². The SMILES string of the molecule is Cc1ccc(S(=O)(=O)N(C)c2ccccc2C(=O)Nc2ccc(C(C)C)cc2)cc1. The summed E-state index contributed by atoms with van der Waals surface area (Å²) in [6, 6.07) is 21.0. The number of nitrogens with zero attached hydrogens (tertiary/aromatic N) is 1. The smallest absolute Gasteiger partial charge is 0.264 e. The third-order valence-electron chi connectivity index (χ3n) is 5.00. The average Bonchev–Trinajstić information content (AvgIpc) is 2.74. The second kappa shape index (κ2) is 8.71. The van der Waals surface area contributed by atoms with E-state index in [4.69, 9.17) is 0 Å². The molecule has 0 saturated heterocycles. The van der Waals surface area contributed by atoms with Gasteiger partial charge >= 0.3 is 0 Å². The minimum atomic E-state index is -3.80. The summed E-state index contributed by atoms with van der Waals surface area (Å²) in [7, 11) is -2.34. The van der Waals surface area contributed by atoms with Gasteiger partial charge in [0.1, 0.15) is 0 Å². The molecule has 0 fully saturated rings. The van der Waals surface area contributed by atoms with E-state index in [9.17, 15) is 13.2 Å². The van der Waals surface area contributed by atoms with E-state index in [1.807, 2.05) is 31.2 Å². The summed E-state index contributed by atoms with van der Waals surface area (Å²) >= 11 is 0. The van der Waals surface area contributed by atoms with Gasteiger partial charge in [-0.25, -0.2) is 8.42 Å². The molecule has 0 radical (unpaired) electrons. The fourth-order valence-electron chi connectivity index (χ4n) is 3.09. The highest BCUT2D eigenvalue weighted by molar-refractivity contribution is 7.92. The van der Waals surface area contributed by atoms with Crippen LogP contribution in [-0.4, -0.2) is 21.4 Å². The lowest BCUT2D eigenvalue weighted by molar-refractivity contribution is 0.102. The van der Waals surface area contributed by atoms with Crippen LogP contribution in [0, 0.1) is 6.92 Å². The predicted octanol–water partition coefficient (Wildman–Crippen LogP) is 5.20. The Morgan fingerprint density at radius 3 is 2.10 bits per heavy atom. The first-order chi connectivity index (χ1) is 14.2. The summed E-state index contributed by atoms with van der Waals surface area (Å²) in [5.41, 5.74) is 3.40. The molecule has 1 N–H and O–H groups in total. The number of amides is 1. The van der Waals surface area contributed by atoms with Crippen molar-refractivity contribution in [2.45, 2.75) is 31.6 Å². The average molecular weight is 423 g/mol. The van der Waals surface area contributed by atoms with Crippen molar-refractivity contribution in [2.24, 2.45) is 0 Å². The number of benzene rings is 3. The number of anilines is 2. The Bertz CT molecular complexity index is 1140. The predicted molar refractivity (Wildman–Crippen MR) is 122 cm³/mol. The fourth-order valence-corrected chi connectivity index (χ4v) is 4.30. The third kappa shape index (κ3) is 4.54. The van der Waals surface area contributed by atoms with Crippen molar-refractivity contribution in [1.29, 1.82) is 0 Å². The molecule has 0 spiro atoms. The Morgan fingerprint density at radius 1 is 0.900 bits per heavy atom. The van der Waals surface area contributed by atoms with Gasteiger partial charge in [-0.1, -0.05) is 55.8 Å². The molecule has 5 nitrogen and oxygen atoms in total. The van der Waals surface area contributed by atoms with Crippen LogP contribution in [0.2, 0.25) is 0 Å². The molecule has 0 heterocycles. The minimum Gasteiger partial charge on any atom is -0.322 e. The molecule has 1 amide bonds. The zero-order chi connectivity index (χ0) is 21.9. The molecule has 0 atom stereocenters. The number of hydrogen-bond donors (Lipinski definition) is 1. The van der Waals surface area contributed by atoms with Gasteiger partial charge in [-0.3, -0.25) is 9.10 Å². The minimum absolute atomic E-state index is 0.176. The molecule has 0 aliphatic heterocycles. The maximum atomic E-state index is 13.1. The first-order valence-electron chi connectivity index (χ1n) is 9.76. The summed E-state index contributed by atoms with van der Waals surface area (Å²) < 4.78 is 27.3. The van der Waals surface area contributed by atoms with E-state index in [0.717, 1.165) is 9.87 Å². The number of carbonyl (C=O) groups is 1. The Balaban J connectivity index is 1.89. The maximum absolute atomic E-state index is 13.1. The van der Waals surface area contributed by atoms with Gasteiger partial charge in [0, 0.05) is 12.7 Å². The molecule has 0 aliphatic carbocycles. The van der Waals surface area contributed by atoms with Crippen LogP contribution in [0.15, 0.2) is 77.7 Å². The van der Waals surface area contributed by atoms with Gasteiger partial charge in [0.25, 0.3) is 15.9 Å². The van der Waals surface area contributed by atoms with Crippen molar-refractivity contribution >= 4 is 27.3 Å². The van der Waals surface area contributed by atoms with Crippen LogP contribution in [-0.2, 0) is 10.0 Å². The molecule has 0 aliphatic rings. The van der Waals surface area contributed by atoms with Crippen LogP contribution in [0.4, 0.5) is 11.4 Å². The van der Waals surface area contributed by atoms with Crippen LogP contribution < -0.4 is 9.62 Å². The summed E-state index contributed by atoms with van der Waals surface area (Å²) in [6.07, 6.45) is 0. The lowest BCUT2D eigenvalue weighted by Gasteiger charge is -2.22. The molecule has 0 bridgehead atoms. The van der Waals surface area contributed by atoms with Crippen LogP contribution >= 0.6 is 0 Å². The van der Waals surface area contributed by atoms with Gasteiger partial charge in [0.2, 0.25) is 0 Å². The summed E-state index contributed by atoms with van der Waals surface area (Å²) in [5.74, 6) is 0.0324. The molecule has 0 aromatic heterocycles.